The molecular formula is C17H26ClN5O3. The Labute approximate surface area is 158 Å². The molecule has 0 unspecified atom stereocenters. The minimum absolute atomic E-state index is 0. The van der Waals surface area contributed by atoms with Crippen LogP contribution in [0.5, 0.6) is 0 Å². The zero-order valence-corrected chi connectivity index (χ0v) is 15.9. The Hall–Kier alpha value is -1.64. The second-order valence-electron chi connectivity index (χ2n) is 7.60. The highest BCUT2D eigenvalue weighted by atomic mass is 35.5. The summed E-state index contributed by atoms with van der Waals surface area (Å²) in [6.07, 6.45) is 4.94. The van der Waals surface area contributed by atoms with E-state index >= 15 is 0 Å². The highest BCUT2D eigenvalue weighted by Gasteiger charge is 2.68. The van der Waals surface area contributed by atoms with Crippen molar-refractivity contribution in [2.75, 3.05) is 25.0 Å². The van der Waals surface area contributed by atoms with Gasteiger partial charge in [-0.15, -0.1) is 12.4 Å². The lowest BCUT2D eigenvalue weighted by atomic mass is 9.73. The molecule has 4 heterocycles. The molecule has 0 radical (unpaired) electrons. The van der Waals surface area contributed by atoms with Crippen molar-refractivity contribution in [3.05, 3.63) is 12.4 Å². The molecule has 2 bridgehead atoms. The van der Waals surface area contributed by atoms with Crippen LogP contribution >= 0.6 is 12.4 Å². The molecule has 4 atom stereocenters. The van der Waals surface area contributed by atoms with Gasteiger partial charge in [-0.25, -0.2) is 0 Å². The third kappa shape index (κ3) is 2.80. The molecule has 3 aliphatic rings. The number of nitrogens with two attached hydrogens (primary N) is 1. The van der Waals surface area contributed by atoms with Crippen LogP contribution < -0.4 is 11.1 Å². The van der Waals surface area contributed by atoms with Gasteiger partial charge in [0, 0.05) is 25.3 Å². The van der Waals surface area contributed by atoms with E-state index in [1.54, 1.807) is 15.8 Å². The number of amides is 2. The SMILES string of the molecule is CC(C)n1cc(NC(=O)[C@H]2[C@@H]3CC[C@@]4(CN(CCN)C(=O)[C@@H]24)O3)cn1.Cl. The molecule has 1 aromatic rings. The van der Waals surface area contributed by atoms with E-state index in [4.69, 9.17) is 10.5 Å². The molecule has 3 saturated heterocycles. The molecule has 26 heavy (non-hydrogen) atoms. The smallest absolute Gasteiger partial charge is 0.231 e. The molecule has 9 heteroatoms. The summed E-state index contributed by atoms with van der Waals surface area (Å²) in [4.78, 5) is 27.5. The molecule has 144 valence electrons. The molecule has 0 aliphatic carbocycles. The molecule has 4 rings (SSSR count). The van der Waals surface area contributed by atoms with E-state index in [1.165, 1.54) is 0 Å². The van der Waals surface area contributed by atoms with Gasteiger partial charge in [0.1, 0.15) is 0 Å². The standard InChI is InChI=1S/C17H25N5O3.ClH/c1-10(2)22-8-11(7-19-22)20-15(23)13-12-3-4-17(25-12)9-21(6-5-18)16(24)14(13)17;/h7-8,10,12-14H,3-6,9,18H2,1-2H3,(H,20,23);1H/t12-,13-,14+,17-;/m0./s1. The van der Waals surface area contributed by atoms with Crippen molar-refractivity contribution in [2.45, 2.75) is 44.4 Å². The lowest BCUT2D eigenvalue weighted by Gasteiger charge is -2.26. The number of aromatic nitrogens is 2. The topological polar surface area (TPSA) is 102 Å². The number of likely N-dealkylation sites (tertiary alicyclic amines) is 1. The van der Waals surface area contributed by atoms with Gasteiger partial charge in [0.25, 0.3) is 0 Å². The van der Waals surface area contributed by atoms with Gasteiger partial charge in [-0.1, -0.05) is 0 Å². The second kappa shape index (κ2) is 6.83. The zero-order chi connectivity index (χ0) is 17.8. The molecule has 3 N–H and O–H groups in total. The molecule has 2 amide bonds. The van der Waals surface area contributed by atoms with E-state index < -0.39 is 17.4 Å². The van der Waals surface area contributed by atoms with E-state index in [-0.39, 0.29) is 36.4 Å². The summed E-state index contributed by atoms with van der Waals surface area (Å²) in [6, 6.07) is 0.223. The van der Waals surface area contributed by atoms with E-state index in [0.717, 1.165) is 12.8 Å². The molecule has 1 spiro atoms. The summed E-state index contributed by atoms with van der Waals surface area (Å²) in [5, 5.41) is 7.16. The Balaban J connectivity index is 0.00000196. The van der Waals surface area contributed by atoms with Gasteiger partial charge in [0.2, 0.25) is 11.8 Å². The molecule has 3 aliphatic heterocycles. The van der Waals surface area contributed by atoms with Gasteiger partial charge in [-0.2, -0.15) is 5.10 Å². The molecular weight excluding hydrogens is 358 g/mol. The fourth-order valence-electron chi connectivity index (χ4n) is 4.60. The number of nitrogens with one attached hydrogen (secondary N) is 1. The van der Waals surface area contributed by atoms with Crippen LogP contribution in [0, 0.1) is 11.8 Å². The number of hydrogen-bond donors (Lipinski definition) is 2. The second-order valence-corrected chi connectivity index (χ2v) is 7.60. The van der Waals surface area contributed by atoms with Gasteiger partial charge >= 0.3 is 0 Å². The molecule has 0 aromatic carbocycles. The van der Waals surface area contributed by atoms with Crippen molar-refractivity contribution in [2.24, 2.45) is 17.6 Å². The number of carbonyl (C=O) groups excluding carboxylic acids is 2. The summed E-state index contributed by atoms with van der Waals surface area (Å²) in [5.74, 6) is -0.974. The number of ether oxygens (including phenoxy) is 1. The Morgan fingerprint density at radius 3 is 2.96 bits per heavy atom. The summed E-state index contributed by atoms with van der Waals surface area (Å²) in [5.41, 5.74) is 5.77. The van der Waals surface area contributed by atoms with Gasteiger partial charge in [-0.05, 0) is 26.7 Å². The van der Waals surface area contributed by atoms with Crippen LogP contribution in [-0.2, 0) is 14.3 Å². The summed E-state index contributed by atoms with van der Waals surface area (Å²) in [7, 11) is 0. The lowest BCUT2D eigenvalue weighted by Crippen LogP contribution is -2.43. The predicted molar refractivity (Wildman–Crippen MR) is 97.9 cm³/mol. The quantitative estimate of drug-likeness (QED) is 0.782. The summed E-state index contributed by atoms with van der Waals surface area (Å²) < 4.78 is 7.95. The van der Waals surface area contributed by atoms with Crippen LogP contribution in [-0.4, -0.2) is 57.8 Å². The van der Waals surface area contributed by atoms with Crippen LogP contribution in [0.1, 0.15) is 32.7 Å². The maximum Gasteiger partial charge on any atom is 0.231 e. The predicted octanol–water partition coefficient (Wildman–Crippen LogP) is 0.789. The number of carbonyl (C=O) groups is 2. The number of hydrogen-bond acceptors (Lipinski definition) is 5. The third-order valence-corrected chi connectivity index (χ3v) is 5.70. The summed E-state index contributed by atoms with van der Waals surface area (Å²) in [6.45, 7) is 5.54. The van der Waals surface area contributed by atoms with E-state index in [9.17, 15) is 9.59 Å². The van der Waals surface area contributed by atoms with Crippen molar-refractivity contribution >= 4 is 29.9 Å². The van der Waals surface area contributed by atoms with Crippen molar-refractivity contribution in [3.63, 3.8) is 0 Å². The normalized spacial score (nSPS) is 32.1. The number of anilines is 1. The number of nitrogens with zero attached hydrogens (tertiary/aromatic N) is 3. The fraction of sp³-hybridized carbons (Fsp3) is 0.706. The van der Waals surface area contributed by atoms with Crippen molar-refractivity contribution in [1.29, 1.82) is 0 Å². The van der Waals surface area contributed by atoms with Crippen molar-refractivity contribution in [1.82, 2.24) is 14.7 Å². The van der Waals surface area contributed by atoms with Crippen LogP contribution in [0.25, 0.3) is 0 Å². The first-order valence-electron chi connectivity index (χ1n) is 8.97. The maximum atomic E-state index is 12.9. The Morgan fingerprint density at radius 1 is 1.54 bits per heavy atom. The van der Waals surface area contributed by atoms with Crippen molar-refractivity contribution < 1.29 is 14.3 Å². The van der Waals surface area contributed by atoms with Gasteiger partial charge in [-0.3, -0.25) is 14.3 Å². The Kier molecular flexibility index (Phi) is 5.02. The van der Waals surface area contributed by atoms with Crippen LogP contribution in [0.3, 0.4) is 0 Å². The Bertz CT molecular complexity index is 708. The molecule has 8 nitrogen and oxygen atoms in total. The Morgan fingerprint density at radius 2 is 2.31 bits per heavy atom. The van der Waals surface area contributed by atoms with Crippen LogP contribution in [0.2, 0.25) is 0 Å². The molecule has 0 saturated carbocycles. The highest BCUT2D eigenvalue weighted by Crippen LogP contribution is 2.55. The van der Waals surface area contributed by atoms with Crippen LogP contribution in [0.4, 0.5) is 5.69 Å². The monoisotopic (exact) mass is 383 g/mol. The number of fused-ring (bicyclic) bond motifs is 1. The largest absolute Gasteiger partial charge is 0.368 e. The first kappa shape index (κ1) is 19.1. The average molecular weight is 384 g/mol. The summed E-state index contributed by atoms with van der Waals surface area (Å²) >= 11 is 0. The van der Waals surface area contributed by atoms with Gasteiger partial charge in [0.05, 0.1) is 42.0 Å². The molecule has 1 aromatic heterocycles. The highest BCUT2D eigenvalue weighted by molar-refractivity contribution is 5.98. The average Bonchev–Trinajstić information content (AvgIpc) is 3.29. The minimum atomic E-state index is -0.499. The number of rotatable bonds is 5. The number of halogens is 1. The van der Waals surface area contributed by atoms with Crippen molar-refractivity contribution in [3.8, 4) is 0 Å². The van der Waals surface area contributed by atoms with E-state index in [1.807, 2.05) is 20.0 Å². The minimum Gasteiger partial charge on any atom is -0.368 e. The van der Waals surface area contributed by atoms with Crippen LogP contribution in [0.15, 0.2) is 12.4 Å². The first-order valence-corrected chi connectivity index (χ1v) is 8.97. The molecule has 3 fully saturated rings. The zero-order valence-electron chi connectivity index (χ0n) is 15.1. The van der Waals surface area contributed by atoms with E-state index in [0.29, 0.717) is 25.3 Å². The fourth-order valence-corrected chi connectivity index (χ4v) is 4.60. The first-order chi connectivity index (χ1) is 11.9. The third-order valence-electron chi connectivity index (χ3n) is 5.70. The van der Waals surface area contributed by atoms with Gasteiger partial charge < -0.3 is 20.7 Å². The van der Waals surface area contributed by atoms with E-state index in [2.05, 4.69) is 10.4 Å². The lowest BCUT2D eigenvalue weighted by molar-refractivity contribution is -0.136. The van der Waals surface area contributed by atoms with Gasteiger partial charge in [0.15, 0.2) is 0 Å². The maximum absolute atomic E-state index is 12.9.